The number of benzene rings is 2. The molecule has 0 spiro atoms. The van der Waals surface area contributed by atoms with Crippen molar-refractivity contribution in [2.24, 2.45) is 0 Å². The van der Waals surface area contributed by atoms with E-state index in [9.17, 15) is 4.79 Å². The molecule has 0 bridgehead atoms. The molecule has 29 heavy (non-hydrogen) atoms. The van der Waals surface area contributed by atoms with E-state index in [0.29, 0.717) is 11.4 Å². The highest BCUT2D eigenvalue weighted by molar-refractivity contribution is 5.83. The molecule has 1 N–H and O–H groups in total. The van der Waals surface area contributed by atoms with Gasteiger partial charge in [0.1, 0.15) is 17.5 Å². The van der Waals surface area contributed by atoms with Crippen molar-refractivity contribution in [1.82, 2.24) is 14.4 Å². The number of methoxy groups -OCH3 is 1. The Hall–Kier alpha value is -2.63. The second kappa shape index (κ2) is 7.32. The van der Waals surface area contributed by atoms with Gasteiger partial charge in [0, 0.05) is 61.8 Å². The van der Waals surface area contributed by atoms with Crippen LogP contribution in [0.25, 0.3) is 16.5 Å². The lowest BCUT2D eigenvalue weighted by atomic mass is 10.1. The van der Waals surface area contributed by atoms with Crippen molar-refractivity contribution >= 4 is 16.5 Å². The van der Waals surface area contributed by atoms with Crippen LogP contribution in [0.15, 0.2) is 59.5 Å². The van der Waals surface area contributed by atoms with Crippen LogP contribution in [-0.2, 0) is 0 Å². The summed E-state index contributed by atoms with van der Waals surface area (Å²) in [5.74, 6) is 0.764. The summed E-state index contributed by atoms with van der Waals surface area (Å²) in [7, 11) is 1.64. The highest BCUT2D eigenvalue weighted by atomic mass is 16.5. The predicted molar refractivity (Wildman–Crippen MR) is 118 cm³/mol. The first-order valence-electron chi connectivity index (χ1n) is 10.6. The van der Waals surface area contributed by atoms with Crippen LogP contribution in [0.1, 0.15) is 19.3 Å². The molecule has 5 heteroatoms. The quantitative estimate of drug-likeness (QED) is 0.694. The number of nitrogens with one attached hydrogen (secondary N) is 1. The van der Waals surface area contributed by atoms with Gasteiger partial charge in [-0.05, 0) is 41.8 Å². The maximum atomic E-state index is 13.1. The summed E-state index contributed by atoms with van der Waals surface area (Å²) < 4.78 is 8.11. The number of hydrogen-bond acceptors (Lipinski definition) is 3. The fourth-order valence-electron chi connectivity index (χ4n) is 5.26. The fraction of sp³-hybridized carbons (Fsp3) is 0.375. The summed E-state index contributed by atoms with van der Waals surface area (Å²) in [6, 6.07) is 16.9. The number of fused-ring (bicyclic) bond motifs is 1. The number of ether oxygens (including phenoxy) is 1. The minimum absolute atomic E-state index is 0.00275. The van der Waals surface area contributed by atoms with Gasteiger partial charge in [-0.3, -0.25) is 13.8 Å². The number of aromatic nitrogens is 1. The molecule has 1 aromatic heterocycles. The second-order valence-corrected chi connectivity index (χ2v) is 8.30. The second-order valence-electron chi connectivity index (χ2n) is 8.30. The Morgan fingerprint density at radius 2 is 1.86 bits per heavy atom. The molecule has 0 radical (unpaired) electrons. The number of rotatable bonds is 4. The smallest absolute Gasteiger partial charge is 0.262 e. The minimum atomic E-state index is 0.00275. The molecule has 3 heterocycles. The van der Waals surface area contributed by atoms with E-state index in [1.165, 1.54) is 38.0 Å². The van der Waals surface area contributed by atoms with Crippen molar-refractivity contribution in [3.8, 4) is 11.4 Å². The standard InChI is InChI=1S/C24H28N3O2/c1-29-22-8-9-23-18(16-22)11-13-26(24(23)28)19-4-6-20(7-5-19)27(14-2-3-15-27)21-10-12-25-17-21/h4-9,11,13,16,21,25H,2-3,10,12,14-15,17H2,1H3/q+1/t21-/m1/s1. The summed E-state index contributed by atoms with van der Waals surface area (Å²) >= 11 is 0. The molecule has 5 rings (SSSR count). The SMILES string of the molecule is COc1ccc2c(=O)n(-c3ccc([N+]4([C@@H]5CCNC5)CCCC4)cc3)ccc2c1. The van der Waals surface area contributed by atoms with Gasteiger partial charge in [-0.25, -0.2) is 0 Å². The summed E-state index contributed by atoms with van der Waals surface area (Å²) in [4.78, 5) is 13.1. The van der Waals surface area contributed by atoms with Crippen molar-refractivity contribution in [2.45, 2.75) is 25.3 Å². The van der Waals surface area contributed by atoms with Crippen molar-refractivity contribution in [2.75, 3.05) is 33.3 Å². The molecule has 1 atom stereocenters. The van der Waals surface area contributed by atoms with Gasteiger partial charge in [0.25, 0.3) is 5.56 Å². The molecule has 0 unspecified atom stereocenters. The Morgan fingerprint density at radius 1 is 1.07 bits per heavy atom. The molecular weight excluding hydrogens is 362 g/mol. The van der Waals surface area contributed by atoms with Crippen LogP contribution < -0.4 is 20.1 Å². The lowest BCUT2D eigenvalue weighted by Gasteiger charge is -2.39. The van der Waals surface area contributed by atoms with Crippen molar-refractivity contribution in [3.63, 3.8) is 0 Å². The Balaban J connectivity index is 1.52. The molecule has 2 saturated heterocycles. The molecule has 2 aromatic carbocycles. The molecule has 5 nitrogen and oxygen atoms in total. The van der Waals surface area contributed by atoms with Gasteiger partial charge in [0.05, 0.1) is 20.2 Å². The van der Waals surface area contributed by atoms with Crippen LogP contribution in [-0.4, -0.2) is 43.9 Å². The van der Waals surface area contributed by atoms with Gasteiger partial charge < -0.3 is 10.1 Å². The lowest BCUT2D eigenvalue weighted by Crippen LogP contribution is -2.55. The highest BCUT2D eigenvalue weighted by Gasteiger charge is 2.43. The Morgan fingerprint density at radius 3 is 2.55 bits per heavy atom. The first-order chi connectivity index (χ1) is 14.2. The lowest BCUT2D eigenvalue weighted by molar-refractivity contribution is 0.257. The predicted octanol–water partition coefficient (Wildman–Crippen LogP) is 3.46. The number of quaternary nitrogens is 1. The Labute approximate surface area is 171 Å². The zero-order valence-electron chi connectivity index (χ0n) is 16.9. The largest absolute Gasteiger partial charge is 0.497 e. The van der Waals surface area contributed by atoms with Gasteiger partial charge in [0.15, 0.2) is 0 Å². The highest BCUT2D eigenvalue weighted by Crippen LogP contribution is 2.35. The fourth-order valence-corrected chi connectivity index (χ4v) is 5.26. The molecule has 2 aliphatic heterocycles. The number of likely N-dealkylation sites (tertiary alicyclic amines) is 1. The normalized spacial score (nSPS) is 20.9. The molecule has 0 saturated carbocycles. The molecule has 0 aliphatic carbocycles. The Bertz CT molecular complexity index is 1080. The average Bonchev–Trinajstić information content (AvgIpc) is 3.47. The molecule has 2 aliphatic rings. The number of nitrogens with zero attached hydrogens (tertiary/aromatic N) is 2. The zero-order valence-corrected chi connectivity index (χ0v) is 16.9. The van der Waals surface area contributed by atoms with E-state index in [-0.39, 0.29) is 5.56 Å². The monoisotopic (exact) mass is 390 g/mol. The molecular formula is C24H28N3O2+. The number of pyridine rings is 1. The van der Waals surface area contributed by atoms with Crippen LogP contribution in [0.2, 0.25) is 0 Å². The van der Waals surface area contributed by atoms with E-state index in [1.54, 1.807) is 11.7 Å². The van der Waals surface area contributed by atoms with E-state index in [1.807, 2.05) is 30.5 Å². The van der Waals surface area contributed by atoms with Gasteiger partial charge in [0.2, 0.25) is 0 Å². The van der Waals surface area contributed by atoms with Crippen LogP contribution in [0.4, 0.5) is 5.69 Å². The Kier molecular flexibility index (Phi) is 4.64. The third-order valence-electron chi connectivity index (χ3n) is 6.85. The van der Waals surface area contributed by atoms with E-state index in [0.717, 1.165) is 34.4 Å². The van der Waals surface area contributed by atoms with E-state index in [4.69, 9.17) is 4.74 Å². The van der Waals surface area contributed by atoms with Crippen molar-refractivity contribution in [1.29, 1.82) is 0 Å². The molecule has 3 aromatic rings. The van der Waals surface area contributed by atoms with Crippen LogP contribution in [0.3, 0.4) is 0 Å². The molecule has 2 fully saturated rings. The van der Waals surface area contributed by atoms with Crippen LogP contribution in [0, 0.1) is 0 Å². The third kappa shape index (κ3) is 3.05. The van der Waals surface area contributed by atoms with Crippen molar-refractivity contribution in [3.05, 3.63) is 65.1 Å². The molecule has 0 amide bonds. The molecule has 150 valence electrons. The third-order valence-corrected chi connectivity index (χ3v) is 6.85. The summed E-state index contributed by atoms with van der Waals surface area (Å²) in [6.45, 7) is 4.68. The minimum Gasteiger partial charge on any atom is -0.497 e. The maximum Gasteiger partial charge on any atom is 0.262 e. The summed E-state index contributed by atoms with van der Waals surface area (Å²) in [6.07, 6.45) is 5.70. The maximum absolute atomic E-state index is 13.1. The topological polar surface area (TPSA) is 43.3 Å². The van der Waals surface area contributed by atoms with Crippen LogP contribution >= 0.6 is 0 Å². The number of hydrogen-bond donors (Lipinski definition) is 1. The summed E-state index contributed by atoms with van der Waals surface area (Å²) in [5.41, 5.74) is 2.31. The van der Waals surface area contributed by atoms with E-state index >= 15 is 0 Å². The first-order valence-corrected chi connectivity index (χ1v) is 10.6. The first kappa shape index (κ1) is 18.4. The van der Waals surface area contributed by atoms with E-state index < -0.39 is 0 Å². The average molecular weight is 391 g/mol. The van der Waals surface area contributed by atoms with Crippen molar-refractivity contribution < 1.29 is 4.74 Å². The van der Waals surface area contributed by atoms with Gasteiger partial charge in [-0.1, -0.05) is 0 Å². The summed E-state index contributed by atoms with van der Waals surface area (Å²) in [5, 5.41) is 5.15. The van der Waals surface area contributed by atoms with Gasteiger partial charge >= 0.3 is 0 Å². The van der Waals surface area contributed by atoms with Crippen LogP contribution in [0.5, 0.6) is 5.75 Å². The van der Waals surface area contributed by atoms with Gasteiger partial charge in [-0.15, -0.1) is 0 Å². The van der Waals surface area contributed by atoms with Gasteiger partial charge in [-0.2, -0.15) is 0 Å². The van der Waals surface area contributed by atoms with E-state index in [2.05, 4.69) is 29.6 Å². The zero-order chi connectivity index (χ0) is 19.8.